The molecule has 0 unspecified atom stereocenters. The van der Waals surface area contributed by atoms with Gasteiger partial charge < -0.3 is 10.6 Å². The van der Waals surface area contributed by atoms with Gasteiger partial charge in [0.25, 0.3) is 0 Å². The lowest BCUT2D eigenvalue weighted by atomic mass is 10.1. The first-order valence-corrected chi connectivity index (χ1v) is 5.96. The highest BCUT2D eigenvalue weighted by atomic mass is 15.3. The molecule has 3 rings (SSSR count). The molecule has 2 aromatic rings. The van der Waals surface area contributed by atoms with Gasteiger partial charge in [-0.2, -0.15) is 15.1 Å². The van der Waals surface area contributed by atoms with Crippen LogP contribution in [0.15, 0.2) is 6.20 Å². The summed E-state index contributed by atoms with van der Waals surface area (Å²) in [5, 5.41) is 4.99. The Morgan fingerprint density at radius 2 is 1.94 bits per heavy atom. The van der Waals surface area contributed by atoms with Crippen LogP contribution in [0.3, 0.4) is 0 Å². The maximum absolute atomic E-state index is 5.95. The van der Waals surface area contributed by atoms with E-state index in [9.17, 15) is 0 Å². The molecule has 1 saturated heterocycles. The lowest BCUT2D eigenvalue weighted by molar-refractivity contribution is 0.568. The van der Waals surface area contributed by atoms with Gasteiger partial charge in [0.15, 0.2) is 5.65 Å². The molecule has 1 aliphatic rings. The lowest BCUT2D eigenvalue weighted by Crippen LogP contribution is -2.31. The average molecular weight is 232 g/mol. The smallest absolute Gasteiger partial charge is 0.229 e. The van der Waals surface area contributed by atoms with Crippen LogP contribution < -0.4 is 10.6 Å². The number of hydrogen-bond acceptors (Lipinski definition) is 5. The van der Waals surface area contributed by atoms with Gasteiger partial charge in [0, 0.05) is 20.1 Å². The maximum atomic E-state index is 5.95. The predicted molar refractivity (Wildman–Crippen MR) is 66.8 cm³/mol. The van der Waals surface area contributed by atoms with E-state index in [-0.39, 0.29) is 0 Å². The number of rotatable bonds is 1. The minimum atomic E-state index is 0.517. The van der Waals surface area contributed by atoms with E-state index in [1.54, 1.807) is 10.9 Å². The molecule has 0 spiro atoms. The van der Waals surface area contributed by atoms with Gasteiger partial charge in [-0.15, -0.1) is 0 Å². The van der Waals surface area contributed by atoms with Crippen molar-refractivity contribution >= 4 is 22.8 Å². The number of anilines is 2. The number of nitrogens with zero attached hydrogens (tertiary/aromatic N) is 5. The first-order chi connectivity index (χ1) is 8.25. The minimum Gasteiger partial charge on any atom is -0.383 e. The maximum Gasteiger partial charge on any atom is 0.229 e. The quantitative estimate of drug-likeness (QED) is 0.792. The van der Waals surface area contributed by atoms with Crippen molar-refractivity contribution < 1.29 is 0 Å². The highest BCUT2D eigenvalue weighted by Gasteiger charge is 2.16. The van der Waals surface area contributed by atoms with Crippen LogP contribution >= 0.6 is 0 Å². The molecule has 6 heteroatoms. The zero-order valence-corrected chi connectivity index (χ0v) is 9.93. The normalized spacial score (nSPS) is 16.6. The first-order valence-electron chi connectivity index (χ1n) is 5.96. The van der Waals surface area contributed by atoms with Crippen LogP contribution in [0.5, 0.6) is 0 Å². The molecule has 0 saturated carbocycles. The number of aryl methyl sites for hydroxylation is 1. The highest BCUT2D eigenvalue weighted by Crippen LogP contribution is 2.22. The van der Waals surface area contributed by atoms with Gasteiger partial charge >= 0.3 is 0 Å². The van der Waals surface area contributed by atoms with E-state index < -0.39 is 0 Å². The fraction of sp³-hybridized carbons (Fsp3) is 0.545. The first kappa shape index (κ1) is 10.3. The number of hydrogen-bond donors (Lipinski definition) is 1. The second-order valence-corrected chi connectivity index (χ2v) is 4.46. The molecule has 0 amide bonds. The standard InChI is InChI=1S/C11H16N6/c1-16-10-8(7-13-16)9(12)14-11(15-10)17-5-3-2-4-6-17/h7H,2-6H2,1H3,(H2,12,14,15). The van der Waals surface area contributed by atoms with Crippen LogP contribution in [-0.4, -0.2) is 32.8 Å². The molecule has 2 aromatic heterocycles. The molecule has 6 nitrogen and oxygen atoms in total. The molecule has 1 fully saturated rings. The lowest BCUT2D eigenvalue weighted by Gasteiger charge is -2.26. The van der Waals surface area contributed by atoms with E-state index in [0.29, 0.717) is 5.82 Å². The van der Waals surface area contributed by atoms with Gasteiger partial charge in [-0.1, -0.05) is 0 Å². The summed E-state index contributed by atoms with van der Waals surface area (Å²) >= 11 is 0. The van der Waals surface area contributed by atoms with Gasteiger partial charge in [-0.3, -0.25) is 4.68 Å². The van der Waals surface area contributed by atoms with Crippen LogP contribution in [0.4, 0.5) is 11.8 Å². The Balaban J connectivity index is 2.07. The summed E-state index contributed by atoms with van der Waals surface area (Å²) in [7, 11) is 1.87. The topological polar surface area (TPSA) is 72.9 Å². The number of piperidine rings is 1. The van der Waals surface area contributed by atoms with Crippen molar-refractivity contribution in [2.24, 2.45) is 7.05 Å². The predicted octanol–water partition coefficient (Wildman–Crippen LogP) is 0.936. The Kier molecular flexibility index (Phi) is 2.35. The van der Waals surface area contributed by atoms with Crippen molar-refractivity contribution in [1.82, 2.24) is 19.7 Å². The Hall–Kier alpha value is -1.85. The van der Waals surface area contributed by atoms with Gasteiger partial charge in [0.2, 0.25) is 5.95 Å². The van der Waals surface area contributed by atoms with E-state index >= 15 is 0 Å². The third kappa shape index (κ3) is 1.69. The molecule has 17 heavy (non-hydrogen) atoms. The number of nitrogen functional groups attached to an aromatic ring is 1. The monoisotopic (exact) mass is 232 g/mol. The van der Waals surface area contributed by atoms with Crippen LogP contribution in [0.1, 0.15) is 19.3 Å². The van der Waals surface area contributed by atoms with Crippen LogP contribution in [0.2, 0.25) is 0 Å². The molecular formula is C11H16N6. The zero-order valence-electron chi connectivity index (χ0n) is 9.93. The fourth-order valence-corrected chi connectivity index (χ4v) is 2.27. The largest absolute Gasteiger partial charge is 0.383 e. The van der Waals surface area contributed by atoms with Crippen LogP contribution in [0.25, 0.3) is 11.0 Å². The van der Waals surface area contributed by atoms with Gasteiger partial charge in [0.05, 0.1) is 11.6 Å². The molecular weight excluding hydrogens is 216 g/mol. The van der Waals surface area contributed by atoms with E-state index in [0.717, 1.165) is 30.1 Å². The van der Waals surface area contributed by atoms with Crippen LogP contribution in [0, 0.1) is 0 Å². The zero-order chi connectivity index (χ0) is 11.8. The van der Waals surface area contributed by atoms with E-state index in [1.165, 1.54) is 19.3 Å². The van der Waals surface area contributed by atoms with Gasteiger partial charge in [-0.25, -0.2) is 0 Å². The van der Waals surface area contributed by atoms with Crippen molar-refractivity contribution in [2.75, 3.05) is 23.7 Å². The average Bonchev–Trinajstić information content (AvgIpc) is 2.73. The molecule has 2 N–H and O–H groups in total. The van der Waals surface area contributed by atoms with Crippen molar-refractivity contribution in [3.05, 3.63) is 6.20 Å². The molecule has 1 aliphatic heterocycles. The Bertz CT molecular complexity index is 540. The van der Waals surface area contributed by atoms with Crippen molar-refractivity contribution in [3.63, 3.8) is 0 Å². The van der Waals surface area contributed by atoms with Crippen molar-refractivity contribution in [3.8, 4) is 0 Å². The molecule has 0 aromatic carbocycles. The summed E-state index contributed by atoms with van der Waals surface area (Å²) in [6, 6.07) is 0. The molecule has 0 aliphatic carbocycles. The number of aromatic nitrogens is 4. The Morgan fingerprint density at radius 1 is 1.18 bits per heavy atom. The third-order valence-electron chi connectivity index (χ3n) is 3.25. The van der Waals surface area contributed by atoms with Crippen molar-refractivity contribution in [1.29, 1.82) is 0 Å². The van der Waals surface area contributed by atoms with E-state index in [4.69, 9.17) is 5.73 Å². The summed E-state index contributed by atoms with van der Waals surface area (Å²) in [6.45, 7) is 2.03. The Morgan fingerprint density at radius 3 is 2.71 bits per heavy atom. The number of fused-ring (bicyclic) bond motifs is 1. The van der Waals surface area contributed by atoms with Crippen molar-refractivity contribution in [2.45, 2.75) is 19.3 Å². The molecule has 90 valence electrons. The molecule has 0 radical (unpaired) electrons. The second-order valence-electron chi connectivity index (χ2n) is 4.46. The summed E-state index contributed by atoms with van der Waals surface area (Å²) < 4.78 is 1.74. The molecule has 3 heterocycles. The second kappa shape index (κ2) is 3.87. The molecule has 0 bridgehead atoms. The summed E-state index contributed by atoms with van der Waals surface area (Å²) in [5.74, 6) is 1.25. The number of nitrogens with two attached hydrogens (primary N) is 1. The summed E-state index contributed by atoms with van der Waals surface area (Å²) in [4.78, 5) is 11.1. The summed E-state index contributed by atoms with van der Waals surface area (Å²) in [5.41, 5.74) is 6.75. The molecule has 0 atom stereocenters. The SMILES string of the molecule is Cn1ncc2c(N)nc(N3CCCCC3)nc21. The fourth-order valence-electron chi connectivity index (χ4n) is 2.27. The van der Waals surface area contributed by atoms with Crippen LogP contribution in [-0.2, 0) is 7.05 Å². The van der Waals surface area contributed by atoms with Gasteiger partial charge in [0.1, 0.15) is 5.82 Å². The third-order valence-corrected chi connectivity index (χ3v) is 3.25. The highest BCUT2D eigenvalue weighted by molar-refractivity contribution is 5.86. The Labute approximate surface area is 99.4 Å². The summed E-state index contributed by atoms with van der Waals surface area (Å²) in [6.07, 6.45) is 5.41. The van der Waals surface area contributed by atoms with E-state index in [1.807, 2.05) is 7.05 Å². The minimum absolute atomic E-state index is 0.517. The van der Waals surface area contributed by atoms with E-state index in [2.05, 4.69) is 20.0 Å². The van der Waals surface area contributed by atoms with Gasteiger partial charge in [-0.05, 0) is 19.3 Å².